The van der Waals surface area contributed by atoms with E-state index in [0.717, 1.165) is 29.6 Å². The summed E-state index contributed by atoms with van der Waals surface area (Å²) < 4.78 is 3.00. The van der Waals surface area contributed by atoms with Crippen LogP contribution >= 0.6 is 54.8 Å². The van der Waals surface area contributed by atoms with Crippen LogP contribution in [0.4, 0.5) is 0 Å². The predicted molar refractivity (Wildman–Crippen MR) is 83.3 cm³/mol. The van der Waals surface area contributed by atoms with Gasteiger partial charge in [0, 0.05) is 19.4 Å². The fraction of sp³-hybridized carbons (Fsp3) is 0. The molecular weight excluding hydrogens is 399 g/mol. The van der Waals surface area contributed by atoms with Crippen LogP contribution < -0.4 is 0 Å². The predicted octanol–water partition coefficient (Wildman–Crippen LogP) is 5.54. The minimum absolute atomic E-state index is 0.502. The molecule has 2 heterocycles. The summed E-state index contributed by atoms with van der Waals surface area (Å²) in [5.74, 6) is 0. The molecule has 0 saturated carbocycles. The summed E-state index contributed by atoms with van der Waals surface area (Å²) in [6, 6.07) is 8.10. The van der Waals surface area contributed by atoms with E-state index in [1.807, 2.05) is 18.2 Å². The minimum atomic E-state index is 0.502. The lowest BCUT2D eigenvalue weighted by atomic mass is 10.2. The third-order valence-electron chi connectivity index (χ3n) is 2.46. The first kappa shape index (κ1) is 12.5. The zero-order chi connectivity index (χ0) is 12.7. The van der Waals surface area contributed by atoms with Crippen molar-refractivity contribution in [1.29, 1.82) is 0 Å². The van der Waals surface area contributed by atoms with Crippen molar-refractivity contribution < 1.29 is 0 Å². The highest BCUT2D eigenvalue weighted by Crippen LogP contribution is 2.39. The van der Waals surface area contributed by atoms with Gasteiger partial charge >= 0.3 is 0 Å². The number of fused-ring (bicyclic) bond motifs is 1. The van der Waals surface area contributed by atoms with Crippen molar-refractivity contribution >= 4 is 65.0 Å². The van der Waals surface area contributed by atoms with Gasteiger partial charge in [0.15, 0.2) is 0 Å². The summed E-state index contributed by atoms with van der Waals surface area (Å²) in [6.07, 6.45) is 1.48. The maximum atomic E-state index is 6.07. The number of benzene rings is 1. The Balaban J connectivity index is 2.26. The Morgan fingerprint density at radius 1 is 1.11 bits per heavy atom. The van der Waals surface area contributed by atoms with Gasteiger partial charge in [0.25, 0.3) is 0 Å². The Hall–Kier alpha value is -0.490. The van der Waals surface area contributed by atoms with Crippen LogP contribution in [0.1, 0.15) is 0 Å². The number of halogens is 3. The first-order valence-electron chi connectivity index (χ1n) is 5.00. The number of aromatic nitrogens is 2. The molecule has 0 spiro atoms. The highest BCUT2D eigenvalue weighted by Gasteiger charge is 2.11. The summed E-state index contributed by atoms with van der Waals surface area (Å²) >= 11 is 14.7. The average molecular weight is 405 g/mol. The van der Waals surface area contributed by atoms with Gasteiger partial charge in [0.1, 0.15) is 11.5 Å². The van der Waals surface area contributed by atoms with Crippen molar-refractivity contribution in [3.63, 3.8) is 0 Å². The number of hydrogen-bond donors (Lipinski definition) is 0. The second kappa shape index (κ2) is 4.89. The van der Waals surface area contributed by atoms with E-state index in [2.05, 4.69) is 47.9 Å². The van der Waals surface area contributed by atoms with E-state index in [4.69, 9.17) is 11.6 Å². The SMILES string of the molecule is Clc1ncnc2cc(-c3cc(Br)ccc3Br)sc12. The molecular formula is C12H5Br2ClN2S. The Morgan fingerprint density at radius 2 is 1.94 bits per heavy atom. The Morgan fingerprint density at radius 3 is 2.72 bits per heavy atom. The summed E-state index contributed by atoms with van der Waals surface area (Å²) in [7, 11) is 0. The molecule has 2 aromatic heterocycles. The molecule has 0 saturated heterocycles. The van der Waals surface area contributed by atoms with Crippen LogP contribution in [-0.4, -0.2) is 9.97 Å². The van der Waals surface area contributed by atoms with Gasteiger partial charge in [-0.25, -0.2) is 9.97 Å². The Bertz CT molecular complexity index is 742. The maximum absolute atomic E-state index is 6.07. The molecule has 90 valence electrons. The van der Waals surface area contributed by atoms with Crippen molar-refractivity contribution in [2.24, 2.45) is 0 Å². The third-order valence-corrected chi connectivity index (χ3v) is 5.21. The lowest BCUT2D eigenvalue weighted by Gasteiger charge is -2.01. The molecule has 6 heteroatoms. The van der Waals surface area contributed by atoms with Gasteiger partial charge in [-0.05, 0) is 24.3 Å². The van der Waals surface area contributed by atoms with Gasteiger partial charge in [-0.2, -0.15) is 0 Å². The number of nitrogens with zero attached hydrogens (tertiary/aromatic N) is 2. The highest BCUT2D eigenvalue weighted by molar-refractivity contribution is 9.11. The lowest BCUT2D eigenvalue weighted by Crippen LogP contribution is -1.77. The molecule has 0 fully saturated rings. The molecule has 3 aromatic rings. The van der Waals surface area contributed by atoms with Crippen LogP contribution in [0.15, 0.2) is 39.5 Å². The Kier molecular flexibility index (Phi) is 3.40. The summed E-state index contributed by atoms with van der Waals surface area (Å²) in [5.41, 5.74) is 1.99. The van der Waals surface area contributed by atoms with Crippen LogP contribution in [-0.2, 0) is 0 Å². The van der Waals surface area contributed by atoms with Crippen LogP contribution in [0.3, 0.4) is 0 Å². The van der Waals surface area contributed by atoms with E-state index in [9.17, 15) is 0 Å². The molecule has 0 bridgehead atoms. The van der Waals surface area contributed by atoms with E-state index < -0.39 is 0 Å². The van der Waals surface area contributed by atoms with Crippen LogP contribution in [0, 0.1) is 0 Å². The van der Waals surface area contributed by atoms with E-state index in [0.29, 0.717) is 5.15 Å². The number of thiophene rings is 1. The van der Waals surface area contributed by atoms with Gasteiger partial charge in [-0.15, -0.1) is 11.3 Å². The smallest absolute Gasteiger partial charge is 0.150 e. The average Bonchev–Trinajstić information content (AvgIpc) is 2.77. The largest absolute Gasteiger partial charge is 0.235 e. The van der Waals surface area contributed by atoms with Crippen LogP contribution in [0.25, 0.3) is 20.7 Å². The molecule has 0 atom stereocenters. The number of hydrogen-bond acceptors (Lipinski definition) is 3. The molecule has 18 heavy (non-hydrogen) atoms. The van der Waals surface area contributed by atoms with E-state index in [1.54, 1.807) is 11.3 Å². The second-order valence-corrected chi connectivity index (χ2v) is 6.79. The molecule has 0 aliphatic heterocycles. The summed E-state index contributed by atoms with van der Waals surface area (Å²) in [6.45, 7) is 0. The third kappa shape index (κ3) is 2.20. The molecule has 3 rings (SSSR count). The van der Waals surface area contributed by atoms with Gasteiger partial charge in [-0.3, -0.25) is 0 Å². The van der Waals surface area contributed by atoms with Gasteiger partial charge in [-0.1, -0.05) is 43.5 Å². The van der Waals surface area contributed by atoms with Crippen molar-refractivity contribution in [3.05, 3.63) is 44.7 Å². The molecule has 2 nitrogen and oxygen atoms in total. The Labute approximate surface area is 129 Å². The molecule has 1 aromatic carbocycles. The molecule has 0 aliphatic rings. The standard InChI is InChI=1S/C12H5Br2ClN2S/c13-6-1-2-8(14)7(3-6)10-4-9-11(18-10)12(15)17-5-16-9/h1-5H. The monoisotopic (exact) mass is 402 g/mol. The van der Waals surface area contributed by atoms with Gasteiger partial charge in [0.05, 0.1) is 10.2 Å². The second-order valence-electron chi connectivity index (χ2n) is 3.61. The van der Waals surface area contributed by atoms with E-state index in [1.165, 1.54) is 6.33 Å². The lowest BCUT2D eigenvalue weighted by molar-refractivity contribution is 1.23. The van der Waals surface area contributed by atoms with Gasteiger partial charge in [0.2, 0.25) is 0 Å². The normalized spacial score (nSPS) is 11.1. The van der Waals surface area contributed by atoms with Crippen LogP contribution in [0.5, 0.6) is 0 Å². The maximum Gasteiger partial charge on any atom is 0.150 e. The molecule has 0 unspecified atom stereocenters. The first-order chi connectivity index (χ1) is 8.65. The molecule has 0 aliphatic carbocycles. The van der Waals surface area contributed by atoms with Gasteiger partial charge < -0.3 is 0 Å². The van der Waals surface area contributed by atoms with Crippen molar-refractivity contribution in [2.75, 3.05) is 0 Å². The number of rotatable bonds is 1. The zero-order valence-corrected chi connectivity index (χ0v) is 13.6. The van der Waals surface area contributed by atoms with E-state index in [-0.39, 0.29) is 0 Å². The van der Waals surface area contributed by atoms with Crippen LogP contribution in [0.2, 0.25) is 5.15 Å². The quantitative estimate of drug-likeness (QED) is 0.498. The van der Waals surface area contributed by atoms with Crippen molar-refractivity contribution in [1.82, 2.24) is 9.97 Å². The summed E-state index contributed by atoms with van der Waals surface area (Å²) in [4.78, 5) is 9.34. The molecule has 0 radical (unpaired) electrons. The first-order valence-corrected chi connectivity index (χ1v) is 7.78. The topological polar surface area (TPSA) is 25.8 Å². The summed E-state index contributed by atoms with van der Waals surface area (Å²) in [5, 5.41) is 0.502. The highest BCUT2D eigenvalue weighted by atomic mass is 79.9. The minimum Gasteiger partial charge on any atom is -0.235 e. The fourth-order valence-electron chi connectivity index (χ4n) is 1.64. The molecule has 0 N–H and O–H groups in total. The van der Waals surface area contributed by atoms with Crippen molar-refractivity contribution in [2.45, 2.75) is 0 Å². The van der Waals surface area contributed by atoms with E-state index >= 15 is 0 Å². The zero-order valence-electron chi connectivity index (χ0n) is 8.82. The fourth-order valence-corrected chi connectivity index (χ4v) is 3.88. The van der Waals surface area contributed by atoms with Crippen molar-refractivity contribution in [3.8, 4) is 10.4 Å². The molecule has 0 amide bonds.